The summed E-state index contributed by atoms with van der Waals surface area (Å²) >= 11 is 5.57. The van der Waals surface area contributed by atoms with Crippen molar-refractivity contribution in [1.82, 2.24) is 9.97 Å². The van der Waals surface area contributed by atoms with Crippen LogP contribution in [0.5, 0.6) is 0 Å². The number of hydrogen-bond acceptors (Lipinski definition) is 5. The van der Waals surface area contributed by atoms with E-state index in [1.807, 2.05) is 11.8 Å². The van der Waals surface area contributed by atoms with Gasteiger partial charge in [-0.3, -0.25) is 0 Å². The molecule has 2 N–H and O–H groups in total. The van der Waals surface area contributed by atoms with Crippen molar-refractivity contribution in [2.24, 2.45) is 5.92 Å². The fourth-order valence-electron chi connectivity index (χ4n) is 1.77. The largest absolute Gasteiger partial charge is 0.369 e. The van der Waals surface area contributed by atoms with Gasteiger partial charge >= 0.3 is 0 Å². The maximum Gasteiger partial charge on any atom is 0.145 e. The second kappa shape index (κ2) is 6.44. The number of nitrogens with one attached hydrogen (secondary N) is 2. The lowest BCUT2D eigenvalue weighted by molar-refractivity contribution is 0.630. The summed E-state index contributed by atoms with van der Waals surface area (Å²) in [7, 11) is 0. The van der Waals surface area contributed by atoms with Crippen LogP contribution in [0, 0.1) is 5.92 Å². The summed E-state index contributed by atoms with van der Waals surface area (Å²) in [5.41, 5.74) is 0. The summed E-state index contributed by atoms with van der Waals surface area (Å²) < 4.78 is 0.924. The summed E-state index contributed by atoms with van der Waals surface area (Å²) in [6.45, 7) is 3.90. The van der Waals surface area contributed by atoms with Crippen molar-refractivity contribution in [3.05, 3.63) is 10.8 Å². The van der Waals surface area contributed by atoms with E-state index in [1.165, 1.54) is 17.9 Å². The molecule has 0 bridgehead atoms. The predicted octanol–water partition coefficient (Wildman–Crippen LogP) is 2.84. The topological polar surface area (TPSA) is 49.8 Å². The standard InChI is InChI=1S/C11H17BrN4S/c1-2-13-10-9(12)11(16-7-15-10)14-5-8-3-4-17-6-8/h7-8H,2-6H2,1H3,(H2,13,14,15,16). The molecule has 0 amide bonds. The van der Waals surface area contributed by atoms with Gasteiger partial charge in [-0.1, -0.05) is 0 Å². The molecule has 4 nitrogen and oxygen atoms in total. The van der Waals surface area contributed by atoms with Crippen LogP contribution >= 0.6 is 27.7 Å². The highest BCUT2D eigenvalue weighted by Gasteiger charge is 2.16. The predicted molar refractivity (Wildman–Crippen MR) is 77.8 cm³/mol. The highest BCUT2D eigenvalue weighted by molar-refractivity contribution is 9.10. The van der Waals surface area contributed by atoms with Crippen molar-refractivity contribution in [3.8, 4) is 0 Å². The van der Waals surface area contributed by atoms with E-state index in [1.54, 1.807) is 6.33 Å². The zero-order valence-electron chi connectivity index (χ0n) is 9.87. The van der Waals surface area contributed by atoms with Gasteiger partial charge in [0.25, 0.3) is 0 Å². The van der Waals surface area contributed by atoms with Crippen LogP contribution < -0.4 is 10.6 Å². The number of anilines is 2. The van der Waals surface area contributed by atoms with Gasteiger partial charge in [0.2, 0.25) is 0 Å². The Morgan fingerprint density at radius 1 is 1.41 bits per heavy atom. The minimum absolute atomic E-state index is 0.768. The Labute approximate surface area is 115 Å². The number of aromatic nitrogens is 2. The molecule has 1 saturated heterocycles. The van der Waals surface area contributed by atoms with Crippen molar-refractivity contribution in [2.45, 2.75) is 13.3 Å². The van der Waals surface area contributed by atoms with Crippen molar-refractivity contribution in [2.75, 3.05) is 35.2 Å². The molecule has 2 rings (SSSR count). The molecule has 0 saturated carbocycles. The zero-order chi connectivity index (χ0) is 12.1. The van der Waals surface area contributed by atoms with Gasteiger partial charge in [-0.05, 0) is 46.7 Å². The molecule has 94 valence electrons. The third-order valence-electron chi connectivity index (χ3n) is 2.72. The Morgan fingerprint density at radius 3 is 2.82 bits per heavy atom. The smallest absolute Gasteiger partial charge is 0.145 e. The van der Waals surface area contributed by atoms with Gasteiger partial charge < -0.3 is 10.6 Å². The Morgan fingerprint density at radius 2 is 2.18 bits per heavy atom. The van der Waals surface area contributed by atoms with Gasteiger partial charge in [-0.15, -0.1) is 0 Å². The van der Waals surface area contributed by atoms with Crippen LogP contribution in [-0.4, -0.2) is 34.6 Å². The van der Waals surface area contributed by atoms with Crippen molar-refractivity contribution in [1.29, 1.82) is 0 Å². The normalized spacial score (nSPS) is 19.3. The molecule has 1 aliphatic rings. The Kier molecular flexibility index (Phi) is 4.91. The quantitative estimate of drug-likeness (QED) is 0.874. The molecule has 0 aromatic carbocycles. The van der Waals surface area contributed by atoms with Crippen LogP contribution in [0.4, 0.5) is 11.6 Å². The van der Waals surface area contributed by atoms with E-state index in [-0.39, 0.29) is 0 Å². The Hall–Kier alpha value is -0.490. The molecular weight excluding hydrogens is 300 g/mol. The fraction of sp³-hybridized carbons (Fsp3) is 0.636. The Balaban J connectivity index is 1.97. The van der Waals surface area contributed by atoms with Crippen molar-refractivity contribution in [3.63, 3.8) is 0 Å². The summed E-state index contributed by atoms with van der Waals surface area (Å²) in [6, 6.07) is 0. The third-order valence-corrected chi connectivity index (χ3v) is 4.70. The van der Waals surface area contributed by atoms with E-state index in [9.17, 15) is 0 Å². The first-order valence-electron chi connectivity index (χ1n) is 5.87. The van der Waals surface area contributed by atoms with Crippen LogP contribution in [0.2, 0.25) is 0 Å². The van der Waals surface area contributed by atoms with Crippen LogP contribution in [-0.2, 0) is 0 Å². The monoisotopic (exact) mass is 316 g/mol. The van der Waals surface area contributed by atoms with Gasteiger partial charge in [0.1, 0.15) is 22.4 Å². The summed E-state index contributed by atoms with van der Waals surface area (Å²) in [5, 5.41) is 6.60. The molecule has 1 aromatic rings. The first kappa shape index (κ1) is 13.0. The van der Waals surface area contributed by atoms with E-state index in [0.717, 1.165) is 35.1 Å². The maximum atomic E-state index is 4.27. The van der Waals surface area contributed by atoms with Gasteiger partial charge in [-0.2, -0.15) is 11.8 Å². The number of hydrogen-bond donors (Lipinski definition) is 2. The summed E-state index contributed by atoms with van der Waals surface area (Å²) in [4.78, 5) is 8.46. The molecule has 6 heteroatoms. The molecule has 2 heterocycles. The number of halogens is 1. The van der Waals surface area contributed by atoms with Crippen molar-refractivity contribution >= 4 is 39.3 Å². The van der Waals surface area contributed by atoms with Crippen LogP contribution in [0.15, 0.2) is 10.8 Å². The van der Waals surface area contributed by atoms with Gasteiger partial charge in [-0.25, -0.2) is 9.97 Å². The van der Waals surface area contributed by atoms with E-state index >= 15 is 0 Å². The van der Waals surface area contributed by atoms with Crippen molar-refractivity contribution < 1.29 is 0 Å². The number of thioether (sulfide) groups is 1. The average molecular weight is 317 g/mol. The van der Waals surface area contributed by atoms with Gasteiger partial charge in [0.05, 0.1) is 0 Å². The maximum absolute atomic E-state index is 4.27. The lowest BCUT2D eigenvalue weighted by atomic mass is 10.1. The molecule has 1 unspecified atom stereocenters. The summed E-state index contributed by atoms with van der Waals surface area (Å²) in [5.74, 6) is 5.05. The lowest BCUT2D eigenvalue weighted by Crippen LogP contribution is -2.15. The molecule has 0 spiro atoms. The number of rotatable bonds is 5. The first-order valence-corrected chi connectivity index (χ1v) is 7.82. The average Bonchev–Trinajstić information content (AvgIpc) is 2.83. The highest BCUT2D eigenvalue weighted by atomic mass is 79.9. The molecule has 0 aliphatic carbocycles. The molecule has 17 heavy (non-hydrogen) atoms. The van der Waals surface area contributed by atoms with Gasteiger partial charge in [0.15, 0.2) is 0 Å². The molecule has 0 radical (unpaired) electrons. The van der Waals surface area contributed by atoms with E-state index < -0.39 is 0 Å². The van der Waals surface area contributed by atoms with E-state index in [2.05, 4.69) is 43.5 Å². The zero-order valence-corrected chi connectivity index (χ0v) is 12.3. The minimum Gasteiger partial charge on any atom is -0.369 e. The second-order valence-electron chi connectivity index (χ2n) is 4.03. The summed E-state index contributed by atoms with van der Waals surface area (Å²) in [6.07, 6.45) is 2.90. The molecular formula is C11H17BrN4S. The molecule has 1 fully saturated rings. The Bertz CT molecular complexity index is 368. The van der Waals surface area contributed by atoms with Crippen LogP contribution in [0.1, 0.15) is 13.3 Å². The molecule has 1 aliphatic heterocycles. The SMILES string of the molecule is CCNc1ncnc(NCC2CCSC2)c1Br. The van der Waals surface area contributed by atoms with E-state index in [0.29, 0.717) is 0 Å². The fourth-order valence-corrected chi connectivity index (χ4v) is 3.54. The number of nitrogens with zero attached hydrogens (tertiary/aromatic N) is 2. The van der Waals surface area contributed by atoms with Gasteiger partial charge in [0, 0.05) is 13.1 Å². The molecule has 1 aromatic heterocycles. The highest BCUT2D eigenvalue weighted by Crippen LogP contribution is 2.28. The van der Waals surface area contributed by atoms with Crippen LogP contribution in [0.25, 0.3) is 0 Å². The second-order valence-corrected chi connectivity index (χ2v) is 5.97. The van der Waals surface area contributed by atoms with Crippen LogP contribution in [0.3, 0.4) is 0 Å². The minimum atomic E-state index is 0.768. The molecule has 1 atom stereocenters. The lowest BCUT2D eigenvalue weighted by Gasteiger charge is -2.13. The van der Waals surface area contributed by atoms with E-state index in [4.69, 9.17) is 0 Å². The first-order chi connectivity index (χ1) is 8.31. The third kappa shape index (κ3) is 3.48.